The van der Waals surface area contributed by atoms with Crippen LogP contribution in [-0.4, -0.2) is 73.8 Å². The van der Waals surface area contributed by atoms with Crippen LogP contribution < -0.4 is 5.32 Å². The van der Waals surface area contributed by atoms with Gasteiger partial charge in [0, 0.05) is 32.7 Å². The van der Waals surface area contributed by atoms with Crippen molar-refractivity contribution in [2.24, 2.45) is 0 Å². The Morgan fingerprint density at radius 1 is 1.09 bits per heavy atom. The molecule has 0 amide bonds. The van der Waals surface area contributed by atoms with Crippen molar-refractivity contribution in [3.63, 3.8) is 0 Å². The Morgan fingerprint density at radius 3 is 2.38 bits per heavy atom. The lowest BCUT2D eigenvalue weighted by atomic mass is 10.1. The SMILES string of the molecule is COC(=O)c1sc(NC(=S)N2CCN(C/C=C/c3ccccc3)CC2)c(C(=O)OC)c1C. The zero-order valence-electron chi connectivity index (χ0n) is 18.4. The second-order valence-corrected chi connectivity index (χ2v) is 8.68. The number of benzene rings is 1. The molecule has 0 unspecified atom stereocenters. The van der Waals surface area contributed by atoms with Crippen LogP contribution in [0.1, 0.15) is 31.2 Å². The molecule has 2 heterocycles. The van der Waals surface area contributed by atoms with Gasteiger partial charge in [-0.15, -0.1) is 11.3 Å². The smallest absolute Gasteiger partial charge is 0.348 e. The first kappa shape index (κ1) is 23.9. The van der Waals surface area contributed by atoms with Gasteiger partial charge in [-0.25, -0.2) is 9.59 Å². The minimum atomic E-state index is -0.519. The zero-order chi connectivity index (χ0) is 23.1. The Bertz CT molecular complexity index is 996. The molecule has 1 aliphatic rings. The van der Waals surface area contributed by atoms with E-state index in [0.29, 0.717) is 26.1 Å². The van der Waals surface area contributed by atoms with E-state index >= 15 is 0 Å². The summed E-state index contributed by atoms with van der Waals surface area (Å²) in [4.78, 5) is 29.2. The Morgan fingerprint density at radius 2 is 1.75 bits per heavy atom. The Kier molecular flexibility index (Phi) is 8.38. The summed E-state index contributed by atoms with van der Waals surface area (Å²) >= 11 is 6.74. The molecule has 1 saturated heterocycles. The molecule has 1 aliphatic heterocycles. The van der Waals surface area contributed by atoms with Crippen LogP contribution in [0.15, 0.2) is 36.4 Å². The number of ether oxygens (including phenoxy) is 2. The van der Waals surface area contributed by atoms with Crippen LogP contribution in [0, 0.1) is 6.92 Å². The largest absolute Gasteiger partial charge is 0.465 e. The van der Waals surface area contributed by atoms with E-state index in [1.54, 1.807) is 6.92 Å². The van der Waals surface area contributed by atoms with E-state index in [9.17, 15) is 9.59 Å². The van der Waals surface area contributed by atoms with Crippen molar-refractivity contribution in [3.8, 4) is 0 Å². The zero-order valence-corrected chi connectivity index (χ0v) is 20.1. The standard InChI is InChI=1S/C23H27N3O4S2/c1-16-18(21(27)29-2)20(32-19(16)22(28)30-3)24-23(31)26-14-12-25(13-15-26)11-7-10-17-8-5-4-6-9-17/h4-10H,11-15H2,1-3H3,(H,24,31)/b10-7+. The first-order valence-electron chi connectivity index (χ1n) is 10.2. The van der Waals surface area contributed by atoms with Crippen molar-refractivity contribution < 1.29 is 19.1 Å². The number of carbonyl (C=O) groups is 2. The van der Waals surface area contributed by atoms with Crippen LogP contribution in [0.2, 0.25) is 0 Å². The number of nitrogens with one attached hydrogen (secondary N) is 1. The number of anilines is 1. The average molecular weight is 474 g/mol. The molecule has 0 atom stereocenters. The van der Waals surface area contributed by atoms with Gasteiger partial charge in [-0.05, 0) is 30.3 Å². The maximum absolute atomic E-state index is 12.3. The van der Waals surface area contributed by atoms with Crippen LogP contribution in [0.25, 0.3) is 6.08 Å². The average Bonchev–Trinajstić information content (AvgIpc) is 3.14. The molecule has 0 spiro atoms. The molecule has 0 aliphatic carbocycles. The fourth-order valence-corrected chi connectivity index (χ4v) is 4.91. The highest BCUT2D eigenvalue weighted by molar-refractivity contribution is 7.80. The summed E-state index contributed by atoms with van der Waals surface area (Å²) in [6.07, 6.45) is 4.30. The van der Waals surface area contributed by atoms with Gasteiger partial charge < -0.3 is 19.7 Å². The highest BCUT2D eigenvalue weighted by atomic mass is 32.1. The Balaban J connectivity index is 1.59. The first-order chi connectivity index (χ1) is 15.4. The van der Waals surface area contributed by atoms with Gasteiger partial charge in [0.05, 0.1) is 19.8 Å². The van der Waals surface area contributed by atoms with Crippen LogP contribution >= 0.6 is 23.6 Å². The van der Waals surface area contributed by atoms with Gasteiger partial charge in [-0.2, -0.15) is 0 Å². The van der Waals surface area contributed by atoms with Crippen molar-refractivity contribution in [2.75, 3.05) is 52.3 Å². The summed E-state index contributed by atoms with van der Waals surface area (Å²) in [5.41, 5.74) is 2.02. The molecule has 7 nitrogen and oxygen atoms in total. The van der Waals surface area contributed by atoms with Gasteiger partial charge in [0.25, 0.3) is 0 Å². The molecule has 1 aromatic heterocycles. The van der Waals surface area contributed by atoms with Crippen LogP contribution in [0.4, 0.5) is 5.00 Å². The Labute approximate surface area is 197 Å². The third-order valence-corrected chi connectivity index (χ3v) is 6.81. The molecule has 1 fully saturated rings. The lowest BCUT2D eigenvalue weighted by Gasteiger charge is -2.35. The topological polar surface area (TPSA) is 71.1 Å². The maximum atomic E-state index is 12.3. The molecule has 0 saturated carbocycles. The molecular formula is C23H27N3O4S2. The third-order valence-electron chi connectivity index (χ3n) is 5.26. The molecule has 0 radical (unpaired) electrons. The summed E-state index contributed by atoms with van der Waals surface area (Å²) in [7, 11) is 2.62. The molecule has 170 valence electrons. The summed E-state index contributed by atoms with van der Waals surface area (Å²) in [5.74, 6) is -1.01. The number of methoxy groups -OCH3 is 2. The minimum Gasteiger partial charge on any atom is -0.465 e. The lowest BCUT2D eigenvalue weighted by Crippen LogP contribution is -2.49. The van der Waals surface area contributed by atoms with Crippen molar-refractivity contribution >= 4 is 51.7 Å². The van der Waals surface area contributed by atoms with Gasteiger partial charge >= 0.3 is 11.9 Å². The fourth-order valence-electron chi connectivity index (χ4n) is 3.45. The monoisotopic (exact) mass is 473 g/mol. The number of hydrogen-bond donors (Lipinski definition) is 1. The second kappa shape index (κ2) is 11.2. The third kappa shape index (κ3) is 5.73. The minimum absolute atomic E-state index is 0.310. The molecule has 9 heteroatoms. The summed E-state index contributed by atoms with van der Waals surface area (Å²) in [6.45, 7) is 5.87. The van der Waals surface area contributed by atoms with E-state index in [0.717, 1.165) is 44.1 Å². The molecule has 1 N–H and O–H groups in total. The molecule has 2 aromatic rings. The number of esters is 2. The number of thiocarbonyl (C=S) groups is 1. The maximum Gasteiger partial charge on any atom is 0.348 e. The lowest BCUT2D eigenvalue weighted by molar-refractivity contribution is 0.0601. The van der Waals surface area contributed by atoms with Crippen molar-refractivity contribution in [1.82, 2.24) is 9.80 Å². The normalized spacial score (nSPS) is 14.4. The van der Waals surface area contributed by atoms with E-state index in [1.807, 2.05) is 18.2 Å². The molecule has 3 rings (SSSR count). The second-order valence-electron chi connectivity index (χ2n) is 7.27. The summed E-state index contributed by atoms with van der Waals surface area (Å²) in [6, 6.07) is 10.2. The summed E-state index contributed by atoms with van der Waals surface area (Å²) < 4.78 is 9.73. The van der Waals surface area contributed by atoms with E-state index < -0.39 is 11.9 Å². The predicted octanol–water partition coefficient (Wildman–Crippen LogP) is 3.66. The molecule has 32 heavy (non-hydrogen) atoms. The van der Waals surface area contributed by atoms with E-state index in [-0.39, 0.29) is 0 Å². The van der Waals surface area contributed by atoms with Gasteiger partial charge in [0.2, 0.25) is 0 Å². The Hall–Kier alpha value is -2.75. The summed E-state index contributed by atoms with van der Waals surface area (Å²) in [5, 5.41) is 4.16. The van der Waals surface area contributed by atoms with Crippen molar-refractivity contribution in [1.29, 1.82) is 0 Å². The van der Waals surface area contributed by atoms with Gasteiger partial charge in [0.1, 0.15) is 9.88 Å². The number of nitrogens with zero attached hydrogens (tertiary/aromatic N) is 2. The van der Waals surface area contributed by atoms with E-state index in [2.05, 4.69) is 39.4 Å². The van der Waals surface area contributed by atoms with Gasteiger partial charge in [-0.1, -0.05) is 42.5 Å². The van der Waals surface area contributed by atoms with Crippen LogP contribution in [0.5, 0.6) is 0 Å². The number of piperazine rings is 1. The molecule has 0 bridgehead atoms. The molecular weight excluding hydrogens is 446 g/mol. The fraction of sp³-hybridized carbons (Fsp3) is 0.348. The highest BCUT2D eigenvalue weighted by Crippen LogP contribution is 2.34. The number of carbonyl (C=O) groups excluding carboxylic acids is 2. The van der Waals surface area contributed by atoms with Crippen LogP contribution in [-0.2, 0) is 9.47 Å². The number of hydrogen-bond acceptors (Lipinski definition) is 7. The van der Waals surface area contributed by atoms with Crippen molar-refractivity contribution in [2.45, 2.75) is 6.92 Å². The number of rotatable bonds is 6. The molecule has 1 aromatic carbocycles. The van der Waals surface area contributed by atoms with Gasteiger partial charge in [0.15, 0.2) is 5.11 Å². The highest BCUT2D eigenvalue weighted by Gasteiger charge is 2.27. The number of thiophene rings is 1. The van der Waals surface area contributed by atoms with E-state index in [1.165, 1.54) is 19.8 Å². The van der Waals surface area contributed by atoms with Gasteiger partial charge in [-0.3, -0.25) is 4.90 Å². The van der Waals surface area contributed by atoms with Crippen LogP contribution in [0.3, 0.4) is 0 Å². The van der Waals surface area contributed by atoms with Crippen molar-refractivity contribution in [3.05, 3.63) is 58.0 Å². The predicted molar refractivity (Wildman–Crippen MR) is 131 cm³/mol. The quantitative estimate of drug-likeness (QED) is 0.504. The van der Waals surface area contributed by atoms with E-state index in [4.69, 9.17) is 21.7 Å². The first-order valence-corrected chi connectivity index (χ1v) is 11.5.